The van der Waals surface area contributed by atoms with E-state index in [1.807, 2.05) is 6.20 Å². The molecule has 2 aromatic rings. The van der Waals surface area contributed by atoms with E-state index in [1.165, 1.54) is 23.8 Å². The molecule has 5 heteroatoms. The lowest BCUT2D eigenvalue weighted by Gasteiger charge is -2.33. The maximum Gasteiger partial charge on any atom is 0.123 e. The van der Waals surface area contributed by atoms with Crippen LogP contribution in [0.1, 0.15) is 38.2 Å². The topological polar surface area (TPSA) is 41.1 Å². The third-order valence-electron chi connectivity index (χ3n) is 4.67. The summed E-state index contributed by atoms with van der Waals surface area (Å²) in [6, 6.07) is 4.81. The number of aromatic nitrogens is 2. The van der Waals surface area contributed by atoms with E-state index in [4.69, 9.17) is 4.74 Å². The van der Waals surface area contributed by atoms with Crippen molar-refractivity contribution in [1.82, 2.24) is 15.1 Å². The first-order valence-electron chi connectivity index (χ1n) is 7.97. The van der Waals surface area contributed by atoms with Crippen LogP contribution in [0.15, 0.2) is 18.3 Å². The molecule has 0 spiro atoms. The van der Waals surface area contributed by atoms with Gasteiger partial charge in [-0.2, -0.15) is 5.10 Å². The number of hydrogen-bond donors (Lipinski definition) is 1. The number of aryl methyl sites for hydroxylation is 1. The number of halogens is 1. The predicted molar refractivity (Wildman–Crippen MR) is 93.1 cm³/mol. The van der Waals surface area contributed by atoms with E-state index >= 15 is 0 Å². The van der Waals surface area contributed by atoms with Gasteiger partial charge in [-0.1, -0.05) is 6.92 Å². The zero-order valence-corrected chi connectivity index (χ0v) is 14.4. The van der Waals surface area contributed by atoms with Crippen LogP contribution >= 0.6 is 12.4 Å². The van der Waals surface area contributed by atoms with Gasteiger partial charge in [0.05, 0.1) is 11.7 Å². The molecule has 1 fully saturated rings. The number of hydrogen-bond acceptors (Lipinski definition) is 3. The second kappa shape index (κ2) is 7.34. The first kappa shape index (κ1) is 17.1. The summed E-state index contributed by atoms with van der Waals surface area (Å²) in [7, 11) is 4.34. The molecule has 1 saturated carbocycles. The lowest BCUT2D eigenvalue weighted by atomic mass is 9.92. The van der Waals surface area contributed by atoms with Crippen molar-refractivity contribution in [2.45, 2.75) is 51.2 Å². The third-order valence-corrected chi connectivity index (χ3v) is 4.67. The van der Waals surface area contributed by atoms with Crippen LogP contribution < -0.4 is 4.74 Å². The number of fused-ring (bicyclic) bond motifs is 1. The van der Waals surface area contributed by atoms with Gasteiger partial charge in [-0.3, -0.25) is 5.10 Å². The Bertz CT molecular complexity index is 611. The smallest absolute Gasteiger partial charge is 0.123 e. The predicted octanol–water partition coefficient (Wildman–Crippen LogP) is 3.80. The Kier molecular flexibility index (Phi) is 5.70. The minimum absolute atomic E-state index is 0. The highest BCUT2D eigenvalue weighted by Gasteiger charge is 2.25. The number of benzene rings is 1. The van der Waals surface area contributed by atoms with E-state index in [0.717, 1.165) is 30.5 Å². The molecule has 1 aromatic heterocycles. The molecule has 1 N–H and O–H groups in total. The number of H-pyrrole nitrogens is 1. The summed E-state index contributed by atoms with van der Waals surface area (Å²) in [5.74, 6) is 1.04. The Morgan fingerprint density at radius 2 is 2.14 bits per heavy atom. The van der Waals surface area contributed by atoms with Crippen molar-refractivity contribution >= 4 is 23.3 Å². The van der Waals surface area contributed by atoms with Crippen molar-refractivity contribution in [3.63, 3.8) is 0 Å². The van der Waals surface area contributed by atoms with Crippen LogP contribution in [0.4, 0.5) is 0 Å². The normalized spacial score (nSPS) is 21.8. The molecule has 1 heterocycles. The average Bonchev–Trinajstić information content (AvgIpc) is 2.96. The molecule has 0 bridgehead atoms. The van der Waals surface area contributed by atoms with Crippen LogP contribution in [0.25, 0.3) is 10.9 Å². The minimum atomic E-state index is 0. The molecule has 4 nitrogen and oxygen atoms in total. The molecule has 0 aliphatic heterocycles. The monoisotopic (exact) mass is 323 g/mol. The molecular formula is C17H26ClN3O. The Balaban J connectivity index is 0.00000176. The van der Waals surface area contributed by atoms with Crippen LogP contribution in [0.5, 0.6) is 5.75 Å². The maximum absolute atomic E-state index is 6.37. The maximum atomic E-state index is 6.37. The van der Waals surface area contributed by atoms with Gasteiger partial charge in [0.2, 0.25) is 0 Å². The van der Waals surface area contributed by atoms with Gasteiger partial charge in [-0.15, -0.1) is 12.4 Å². The van der Waals surface area contributed by atoms with Crippen molar-refractivity contribution in [1.29, 1.82) is 0 Å². The molecule has 0 amide bonds. The SMILES string of the molecule is CCc1c(O[C@H]2CCC[C@H](N(C)C)C2)ccc2[nH]ncc12.Cl. The summed E-state index contributed by atoms with van der Waals surface area (Å²) in [6.07, 6.45) is 8.04. The van der Waals surface area contributed by atoms with E-state index in [1.54, 1.807) is 0 Å². The van der Waals surface area contributed by atoms with Gasteiger partial charge in [0.25, 0.3) is 0 Å². The quantitative estimate of drug-likeness (QED) is 0.930. The highest BCUT2D eigenvalue weighted by Crippen LogP contribution is 2.31. The molecule has 122 valence electrons. The zero-order chi connectivity index (χ0) is 14.8. The molecule has 1 aromatic carbocycles. The lowest BCUT2D eigenvalue weighted by Crippen LogP contribution is -2.37. The highest BCUT2D eigenvalue weighted by atomic mass is 35.5. The van der Waals surface area contributed by atoms with E-state index in [9.17, 15) is 0 Å². The fraction of sp³-hybridized carbons (Fsp3) is 0.588. The Morgan fingerprint density at radius 1 is 1.32 bits per heavy atom. The van der Waals surface area contributed by atoms with Gasteiger partial charge >= 0.3 is 0 Å². The largest absolute Gasteiger partial charge is 0.490 e. The number of rotatable bonds is 4. The number of nitrogens with one attached hydrogen (secondary N) is 1. The van der Waals surface area contributed by atoms with Gasteiger partial charge in [-0.05, 0) is 58.3 Å². The van der Waals surface area contributed by atoms with Gasteiger partial charge in [-0.25, -0.2) is 0 Å². The van der Waals surface area contributed by atoms with E-state index in [-0.39, 0.29) is 12.4 Å². The standard InChI is InChI=1S/C17H25N3O.ClH/c1-4-14-15-11-18-19-16(15)8-9-17(14)21-13-7-5-6-12(10-13)20(2)3;/h8-9,11-13H,4-7,10H2,1-3H3,(H,18,19);1H/t12-,13-;/m0./s1. The van der Waals surface area contributed by atoms with E-state index in [2.05, 4.69) is 48.2 Å². The van der Waals surface area contributed by atoms with Crippen molar-refractivity contribution in [2.75, 3.05) is 14.1 Å². The second-order valence-corrected chi connectivity index (χ2v) is 6.25. The van der Waals surface area contributed by atoms with Crippen LogP contribution in [-0.4, -0.2) is 41.3 Å². The van der Waals surface area contributed by atoms with Crippen LogP contribution in [0.2, 0.25) is 0 Å². The average molecular weight is 324 g/mol. The summed E-state index contributed by atoms with van der Waals surface area (Å²) >= 11 is 0. The van der Waals surface area contributed by atoms with E-state index in [0.29, 0.717) is 12.1 Å². The number of nitrogens with zero attached hydrogens (tertiary/aromatic N) is 2. The van der Waals surface area contributed by atoms with E-state index < -0.39 is 0 Å². The molecule has 22 heavy (non-hydrogen) atoms. The Morgan fingerprint density at radius 3 is 2.86 bits per heavy atom. The summed E-state index contributed by atoms with van der Waals surface area (Å²) < 4.78 is 6.37. The first-order valence-corrected chi connectivity index (χ1v) is 7.97. The van der Waals surface area contributed by atoms with Crippen molar-refractivity contribution in [3.05, 3.63) is 23.9 Å². The molecule has 0 saturated heterocycles. The van der Waals surface area contributed by atoms with Gasteiger partial charge in [0, 0.05) is 17.0 Å². The summed E-state index contributed by atoms with van der Waals surface area (Å²) in [5, 5.41) is 8.37. The second-order valence-electron chi connectivity index (χ2n) is 6.25. The third kappa shape index (κ3) is 3.39. The number of ether oxygens (including phenoxy) is 1. The van der Waals surface area contributed by atoms with Gasteiger partial charge in [0.1, 0.15) is 11.9 Å². The van der Waals surface area contributed by atoms with Crippen molar-refractivity contribution < 1.29 is 4.74 Å². The molecule has 1 aliphatic rings. The molecular weight excluding hydrogens is 298 g/mol. The summed E-state index contributed by atoms with van der Waals surface area (Å²) in [4.78, 5) is 2.33. The molecule has 3 rings (SSSR count). The lowest BCUT2D eigenvalue weighted by molar-refractivity contribution is 0.0997. The van der Waals surface area contributed by atoms with Gasteiger partial charge < -0.3 is 9.64 Å². The molecule has 0 radical (unpaired) electrons. The van der Waals surface area contributed by atoms with Crippen molar-refractivity contribution in [3.8, 4) is 5.75 Å². The van der Waals surface area contributed by atoms with Crippen LogP contribution in [-0.2, 0) is 6.42 Å². The first-order chi connectivity index (χ1) is 10.2. The number of aromatic amines is 1. The molecule has 2 atom stereocenters. The fourth-order valence-corrected chi connectivity index (χ4v) is 3.41. The van der Waals surface area contributed by atoms with Gasteiger partial charge in [0.15, 0.2) is 0 Å². The van der Waals surface area contributed by atoms with Crippen LogP contribution in [0, 0.1) is 0 Å². The summed E-state index contributed by atoms with van der Waals surface area (Å²) in [5.41, 5.74) is 2.36. The fourth-order valence-electron chi connectivity index (χ4n) is 3.41. The minimum Gasteiger partial charge on any atom is -0.490 e. The zero-order valence-electron chi connectivity index (χ0n) is 13.6. The highest BCUT2D eigenvalue weighted by molar-refractivity contribution is 5.85. The van der Waals surface area contributed by atoms with Crippen LogP contribution in [0.3, 0.4) is 0 Å². The molecule has 1 aliphatic carbocycles. The van der Waals surface area contributed by atoms with Crippen molar-refractivity contribution in [2.24, 2.45) is 0 Å². The molecule has 0 unspecified atom stereocenters. The Labute approximate surface area is 138 Å². The summed E-state index contributed by atoms with van der Waals surface area (Å²) in [6.45, 7) is 2.18. The Hall–Kier alpha value is -1.26.